The van der Waals surface area contributed by atoms with Gasteiger partial charge in [-0.25, -0.2) is 0 Å². The van der Waals surface area contributed by atoms with Crippen LogP contribution in [0.4, 0.5) is 0 Å². The molecule has 0 radical (unpaired) electrons. The van der Waals surface area contributed by atoms with Gasteiger partial charge in [0, 0.05) is 50.1 Å². The fraction of sp³-hybridized carbons (Fsp3) is 0.667. The van der Waals surface area contributed by atoms with Crippen LogP contribution in [0.2, 0.25) is 0 Å². The van der Waals surface area contributed by atoms with Crippen LogP contribution in [0.15, 0.2) is 37.5 Å². The summed E-state index contributed by atoms with van der Waals surface area (Å²) in [6.07, 6.45) is 7.00. The minimum atomic E-state index is -0.176. The van der Waals surface area contributed by atoms with E-state index in [0.29, 0.717) is 0 Å². The molecule has 0 aromatic carbocycles. The second-order valence-electron chi connectivity index (χ2n) is 6.37. The molecule has 0 spiro atoms. The largest absolute Gasteiger partial charge is 0.396 e. The van der Waals surface area contributed by atoms with Gasteiger partial charge in [-0.1, -0.05) is 24.3 Å². The maximum atomic E-state index is 9.11. The van der Waals surface area contributed by atoms with Crippen LogP contribution in [0.5, 0.6) is 0 Å². The van der Waals surface area contributed by atoms with Gasteiger partial charge in [0.25, 0.3) is 0 Å². The number of ether oxygens (including phenoxy) is 2. The summed E-state index contributed by atoms with van der Waals surface area (Å²) in [7, 11) is 0. The van der Waals surface area contributed by atoms with E-state index < -0.39 is 0 Å². The number of fused-ring (bicyclic) bond motifs is 2. The minimum absolute atomic E-state index is 0.00620. The van der Waals surface area contributed by atoms with E-state index in [2.05, 4.69) is 13.2 Å². The van der Waals surface area contributed by atoms with Crippen molar-refractivity contribution in [3.8, 4) is 0 Å². The first-order chi connectivity index (χ1) is 11.6. The highest BCUT2D eigenvalue weighted by Gasteiger charge is 2.44. The van der Waals surface area contributed by atoms with Crippen LogP contribution in [0.3, 0.4) is 0 Å². The molecule has 6 nitrogen and oxygen atoms in total. The van der Waals surface area contributed by atoms with Gasteiger partial charge >= 0.3 is 0 Å². The van der Waals surface area contributed by atoms with E-state index in [-0.39, 0.29) is 74.5 Å². The van der Waals surface area contributed by atoms with Crippen molar-refractivity contribution >= 4 is 0 Å². The second-order valence-corrected chi connectivity index (χ2v) is 6.37. The van der Waals surface area contributed by atoms with E-state index in [0.717, 1.165) is 0 Å². The van der Waals surface area contributed by atoms with Crippen molar-refractivity contribution in [1.82, 2.24) is 0 Å². The summed E-state index contributed by atoms with van der Waals surface area (Å²) >= 11 is 0. The average Bonchev–Trinajstić information content (AvgIpc) is 3.32. The van der Waals surface area contributed by atoms with Gasteiger partial charge in [-0.05, 0) is 0 Å². The molecule has 8 unspecified atom stereocenters. The molecular weight excluding hydrogens is 312 g/mol. The van der Waals surface area contributed by atoms with Crippen LogP contribution in [-0.2, 0) is 9.47 Å². The Bertz CT molecular complexity index is 413. The van der Waals surface area contributed by atoms with Gasteiger partial charge in [0.1, 0.15) is 0 Å². The van der Waals surface area contributed by atoms with E-state index >= 15 is 0 Å². The SMILES string of the molecule is C=CC1OC(C=C)C(CO)C1CO.OCC1C2C=CC(O2)C1CO. The quantitative estimate of drug-likeness (QED) is 0.503. The van der Waals surface area contributed by atoms with Crippen molar-refractivity contribution in [2.24, 2.45) is 23.7 Å². The molecule has 0 amide bonds. The topological polar surface area (TPSA) is 99.4 Å². The lowest BCUT2D eigenvalue weighted by molar-refractivity contribution is 0.0728. The Morgan fingerprint density at radius 1 is 0.667 bits per heavy atom. The molecule has 0 saturated carbocycles. The third-order valence-electron chi connectivity index (χ3n) is 5.21. The maximum absolute atomic E-state index is 9.11. The predicted octanol–water partition coefficient (Wildman–Crippen LogP) is -0.117. The van der Waals surface area contributed by atoms with Crippen molar-refractivity contribution in [2.75, 3.05) is 26.4 Å². The average molecular weight is 340 g/mol. The first-order valence-electron chi connectivity index (χ1n) is 8.32. The van der Waals surface area contributed by atoms with Gasteiger partial charge in [0.15, 0.2) is 0 Å². The van der Waals surface area contributed by atoms with E-state index in [4.69, 9.17) is 29.9 Å². The standard InChI is InChI=1S/C10H16O3.C8H12O3/c1-3-9-7(5-11)8(6-12)10(4-2)13-9;9-3-5-6(4-10)8-2-1-7(5)11-8/h3-4,7-12H,1-2,5-6H2;1-2,5-10H,3-4H2. The summed E-state index contributed by atoms with van der Waals surface area (Å²) in [5, 5.41) is 36.1. The molecule has 3 aliphatic heterocycles. The van der Waals surface area contributed by atoms with Gasteiger partial charge in [-0.3, -0.25) is 0 Å². The number of aliphatic hydroxyl groups excluding tert-OH is 4. The molecule has 0 aromatic rings. The number of hydrogen-bond donors (Lipinski definition) is 4. The van der Waals surface area contributed by atoms with Crippen LogP contribution in [0, 0.1) is 23.7 Å². The minimum Gasteiger partial charge on any atom is -0.396 e. The van der Waals surface area contributed by atoms with E-state index in [1.54, 1.807) is 12.2 Å². The first kappa shape index (κ1) is 19.3. The highest BCUT2D eigenvalue weighted by molar-refractivity contribution is 5.14. The summed E-state index contributed by atoms with van der Waals surface area (Å²) in [5.74, 6) is 0.0843. The highest BCUT2D eigenvalue weighted by Crippen LogP contribution is 2.38. The fourth-order valence-electron chi connectivity index (χ4n) is 3.75. The molecule has 3 rings (SSSR count). The van der Waals surface area contributed by atoms with Crippen molar-refractivity contribution in [1.29, 1.82) is 0 Å². The molecular formula is C18H28O6. The zero-order valence-electron chi connectivity index (χ0n) is 13.8. The molecule has 4 N–H and O–H groups in total. The number of aliphatic hydroxyl groups is 4. The van der Waals surface area contributed by atoms with Crippen LogP contribution in [-0.4, -0.2) is 71.3 Å². The molecule has 0 aliphatic carbocycles. The molecule has 0 aromatic heterocycles. The third kappa shape index (κ3) is 3.64. The van der Waals surface area contributed by atoms with Crippen molar-refractivity contribution < 1.29 is 29.9 Å². The molecule has 3 aliphatic rings. The molecule has 24 heavy (non-hydrogen) atoms. The van der Waals surface area contributed by atoms with E-state index in [1.165, 1.54) is 0 Å². The Balaban J connectivity index is 0.000000175. The summed E-state index contributed by atoms with van der Waals surface area (Å²) in [4.78, 5) is 0. The monoisotopic (exact) mass is 340 g/mol. The molecule has 2 bridgehead atoms. The molecule has 2 saturated heterocycles. The third-order valence-corrected chi connectivity index (χ3v) is 5.21. The lowest BCUT2D eigenvalue weighted by Crippen LogP contribution is -2.29. The van der Waals surface area contributed by atoms with Crippen molar-refractivity contribution in [2.45, 2.75) is 24.4 Å². The summed E-state index contributed by atoms with van der Waals surface area (Å²) in [6, 6.07) is 0. The molecule has 3 heterocycles. The van der Waals surface area contributed by atoms with Crippen LogP contribution < -0.4 is 0 Å². The number of rotatable bonds is 6. The Labute approximate surface area is 142 Å². The predicted molar refractivity (Wildman–Crippen MR) is 89.2 cm³/mol. The Morgan fingerprint density at radius 2 is 1.04 bits per heavy atom. The molecule has 136 valence electrons. The van der Waals surface area contributed by atoms with Crippen molar-refractivity contribution in [3.05, 3.63) is 37.5 Å². The van der Waals surface area contributed by atoms with Gasteiger partial charge in [-0.2, -0.15) is 0 Å². The van der Waals surface area contributed by atoms with Gasteiger partial charge in [-0.15, -0.1) is 13.2 Å². The van der Waals surface area contributed by atoms with Crippen molar-refractivity contribution in [3.63, 3.8) is 0 Å². The zero-order chi connectivity index (χ0) is 17.7. The molecule has 2 fully saturated rings. The second kappa shape index (κ2) is 8.89. The molecule has 6 heteroatoms. The first-order valence-corrected chi connectivity index (χ1v) is 8.32. The van der Waals surface area contributed by atoms with E-state index in [9.17, 15) is 0 Å². The Morgan fingerprint density at radius 3 is 1.33 bits per heavy atom. The van der Waals surface area contributed by atoms with Gasteiger partial charge < -0.3 is 29.9 Å². The Kier molecular flexibility index (Phi) is 7.16. The highest BCUT2D eigenvalue weighted by atomic mass is 16.5. The Hall–Kier alpha value is -1.02. The fourth-order valence-corrected chi connectivity index (χ4v) is 3.75. The smallest absolute Gasteiger partial charge is 0.0819 e. The van der Waals surface area contributed by atoms with Crippen LogP contribution >= 0.6 is 0 Å². The number of hydrogen-bond acceptors (Lipinski definition) is 6. The lowest BCUT2D eigenvalue weighted by atomic mass is 9.84. The lowest BCUT2D eigenvalue weighted by Gasteiger charge is -2.20. The summed E-state index contributed by atoms with van der Waals surface area (Å²) in [6.45, 7) is 7.48. The van der Waals surface area contributed by atoms with Gasteiger partial charge in [0.2, 0.25) is 0 Å². The van der Waals surface area contributed by atoms with Crippen LogP contribution in [0.1, 0.15) is 0 Å². The van der Waals surface area contributed by atoms with Gasteiger partial charge in [0.05, 0.1) is 24.4 Å². The molecule has 8 atom stereocenters. The normalized spacial score (nSPS) is 42.7. The maximum Gasteiger partial charge on any atom is 0.0819 e. The zero-order valence-corrected chi connectivity index (χ0v) is 13.8. The van der Waals surface area contributed by atoms with E-state index in [1.807, 2.05) is 12.2 Å². The summed E-state index contributed by atoms with van der Waals surface area (Å²) < 4.78 is 11.0. The van der Waals surface area contributed by atoms with Crippen LogP contribution in [0.25, 0.3) is 0 Å². The summed E-state index contributed by atoms with van der Waals surface area (Å²) in [5.41, 5.74) is 0.